The Bertz CT molecular complexity index is 407. The maximum Gasteiger partial charge on any atom is 0.329 e. The average Bonchev–Trinajstić information content (AvgIpc) is 2.29. The van der Waals surface area contributed by atoms with Gasteiger partial charge < -0.3 is 10.6 Å². The fourth-order valence-electron chi connectivity index (χ4n) is 1.44. The minimum Gasteiger partial charge on any atom is -0.378 e. The molecule has 0 aliphatic carbocycles. The van der Waals surface area contributed by atoms with Gasteiger partial charge in [-0.3, -0.25) is 10.1 Å². The maximum atomic E-state index is 10.5. The Kier molecular flexibility index (Phi) is 3.09. The Morgan fingerprint density at radius 3 is 2.75 bits per heavy atom. The molecule has 1 saturated heterocycles. The van der Waals surface area contributed by atoms with Crippen LogP contribution in [-0.2, 0) is 0 Å². The SMILES string of the molecule is Nc1nc(N2CCSCC2)ncc1[N+](=O)[O-]. The average molecular weight is 241 g/mol. The Balaban J connectivity index is 2.23. The van der Waals surface area contributed by atoms with Crippen molar-refractivity contribution in [3.8, 4) is 0 Å². The van der Waals surface area contributed by atoms with Crippen LogP contribution in [0.5, 0.6) is 0 Å². The van der Waals surface area contributed by atoms with Gasteiger partial charge in [0.15, 0.2) is 0 Å². The zero-order chi connectivity index (χ0) is 11.5. The quantitative estimate of drug-likeness (QED) is 0.595. The molecule has 0 aromatic carbocycles. The lowest BCUT2D eigenvalue weighted by molar-refractivity contribution is -0.384. The van der Waals surface area contributed by atoms with Gasteiger partial charge in [0, 0.05) is 24.6 Å². The first kappa shape index (κ1) is 10.9. The van der Waals surface area contributed by atoms with Crippen molar-refractivity contribution in [2.45, 2.75) is 0 Å². The molecule has 0 bridgehead atoms. The second-order valence-electron chi connectivity index (χ2n) is 3.30. The van der Waals surface area contributed by atoms with Crippen molar-refractivity contribution < 1.29 is 4.92 Å². The molecule has 0 amide bonds. The molecule has 1 aromatic heterocycles. The molecular formula is C8H11N5O2S. The summed E-state index contributed by atoms with van der Waals surface area (Å²) in [5.74, 6) is 2.43. The summed E-state index contributed by atoms with van der Waals surface area (Å²) in [4.78, 5) is 19.9. The van der Waals surface area contributed by atoms with Crippen LogP contribution in [0.1, 0.15) is 0 Å². The minimum absolute atomic E-state index is 0.0757. The highest BCUT2D eigenvalue weighted by Crippen LogP contribution is 2.21. The number of rotatable bonds is 2. The predicted octanol–water partition coefficient (Wildman–Crippen LogP) is 0.520. The predicted molar refractivity (Wildman–Crippen MR) is 62.6 cm³/mol. The lowest BCUT2D eigenvalue weighted by Crippen LogP contribution is -2.33. The Labute approximate surface area is 96.2 Å². The summed E-state index contributed by atoms with van der Waals surface area (Å²) in [6, 6.07) is 0. The summed E-state index contributed by atoms with van der Waals surface area (Å²) in [5, 5.41) is 10.5. The summed E-state index contributed by atoms with van der Waals surface area (Å²) >= 11 is 1.87. The van der Waals surface area contributed by atoms with E-state index in [-0.39, 0.29) is 11.5 Å². The lowest BCUT2D eigenvalue weighted by Gasteiger charge is -2.26. The third-order valence-electron chi connectivity index (χ3n) is 2.28. The summed E-state index contributed by atoms with van der Waals surface area (Å²) in [6.07, 6.45) is 1.17. The standard InChI is InChI=1S/C8H11N5O2S/c9-7-6(13(14)15)5-10-8(11-7)12-1-3-16-4-2-12/h5H,1-4H2,(H2,9,10,11). The molecule has 2 rings (SSSR count). The number of hydrogen-bond acceptors (Lipinski definition) is 7. The van der Waals surface area contributed by atoms with Crippen LogP contribution in [0.4, 0.5) is 17.5 Å². The van der Waals surface area contributed by atoms with Gasteiger partial charge in [-0.25, -0.2) is 4.98 Å². The third-order valence-corrected chi connectivity index (χ3v) is 3.22. The first-order valence-electron chi connectivity index (χ1n) is 4.78. The van der Waals surface area contributed by atoms with Crippen molar-refractivity contribution >= 4 is 29.2 Å². The van der Waals surface area contributed by atoms with Gasteiger partial charge in [-0.2, -0.15) is 16.7 Å². The van der Waals surface area contributed by atoms with Gasteiger partial charge in [-0.15, -0.1) is 0 Å². The number of nitrogen functional groups attached to an aromatic ring is 1. The first-order valence-corrected chi connectivity index (χ1v) is 5.93. The largest absolute Gasteiger partial charge is 0.378 e. The van der Waals surface area contributed by atoms with Crippen LogP contribution < -0.4 is 10.6 Å². The van der Waals surface area contributed by atoms with Gasteiger partial charge in [-0.1, -0.05) is 0 Å². The topological polar surface area (TPSA) is 98.2 Å². The number of nitro groups is 1. The fourth-order valence-corrected chi connectivity index (χ4v) is 2.34. The van der Waals surface area contributed by atoms with Crippen LogP contribution in [0.25, 0.3) is 0 Å². The van der Waals surface area contributed by atoms with E-state index in [0.29, 0.717) is 5.95 Å². The first-order chi connectivity index (χ1) is 7.68. The van der Waals surface area contributed by atoms with E-state index in [0.717, 1.165) is 24.6 Å². The molecular weight excluding hydrogens is 230 g/mol. The van der Waals surface area contributed by atoms with Crippen molar-refractivity contribution in [1.82, 2.24) is 9.97 Å². The van der Waals surface area contributed by atoms with Crippen LogP contribution in [0.15, 0.2) is 6.20 Å². The molecule has 0 radical (unpaired) electrons. The van der Waals surface area contributed by atoms with Crippen LogP contribution in [-0.4, -0.2) is 39.5 Å². The second kappa shape index (κ2) is 4.52. The summed E-state index contributed by atoms with van der Waals surface area (Å²) in [5.41, 5.74) is 5.26. The van der Waals surface area contributed by atoms with Crippen molar-refractivity contribution in [3.05, 3.63) is 16.3 Å². The minimum atomic E-state index is -0.578. The van der Waals surface area contributed by atoms with Crippen LogP contribution in [0.2, 0.25) is 0 Å². The number of nitrogens with zero attached hydrogens (tertiary/aromatic N) is 4. The molecule has 1 aromatic rings. The summed E-state index contributed by atoms with van der Waals surface area (Å²) < 4.78 is 0. The second-order valence-corrected chi connectivity index (χ2v) is 4.52. The fraction of sp³-hybridized carbons (Fsp3) is 0.500. The molecule has 0 atom stereocenters. The van der Waals surface area contributed by atoms with E-state index in [1.165, 1.54) is 6.20 Å². The highest BCUT2D eigenvalue weighted by molar-refractivity contribution is 7.99. The van der Waals surface area contributed by atoms with E-state index in [1.807, 2.05) is 16.7 Å². The van der Waals surface area contributed by atoms with E-state index in [1.54, 1.807) is 0 Å². The van der Waals surface area contributed by atoms with Crippen LogP contribution >= 0.6 is 11.8 Å². The molecule has 16 heavy (non-hydrogen) atoms. The highest BCUT2D eigenvalue weighted by Gasteiger charge is 2.18. The Morgan fingerprint density at radius 1 is 1.50 bits per heavy atom. The molecule has 1 fully saturated rings. The Hall–Kier alpha value is -1.57. The monoisotopic (exact) mass is 241 g/mol. The van der Waals surface area contributed by atoms with Gasteiger partial charge in [-0.05, 0) is 0 Å². The Morgan fingerprint density at radius 2 is 2.19 bits per heavy atom. The van der Waals surface area contributed by atoms with E-state index in [2.05, 4.69) is 9.97 Å². The molecule has 2 heterocycles. The number of hydrogen-bond donors (Lipinski definition) is 1. The molecule has 2 N–H and O–H groups in total. The molecule has 1 aliphatic rings. The van der Waals surface area contributed by atoms with Crippen LogP contribution in [0, 0.1) is 10.1 Å². The normalized spacial score (nSPS) is 16.1. The lowest BCUT2D eigenvalue weighted by atomic mass is 10.4. The molecule has 0 spiro atoms. The van der Waals surface area contributed by atoms with Crippen LogP contribution in [0.3, 0.4) is 0 Å². The molecule has 7 nitrogen and oxygen atoms in total. The molecule has 1 aliphatic heterocycles. The molecule has 86 valence electrons. The van der Waals surface area contributed by atoms with E-state index in [9.17, 15) is 10.1 Å². The van der Waals surface area contributed by atoms with Crippen molar-refractivity contribution in [2.75, 3.05) is 35.2 Å². The number of thioether (sulfide) groups is 1. The van der Waals surface area contributed by atoms with Crippen molar-refractivity contribution in [3.63, 3.8) is 0 Å². The van der Waals surface area contributed by atoms with E-state index < -0.39 is 4.92 Å². The van der Waals surface area contributed by atoms with E-state index >= 15 is 0 Å². The van der Waals surface area contributed by atoms with Gasteiger partial charge in [0.25, 0.3) is 0 Å². The molecule has 8 heteroatoms. The smallest absolute Gasteiger partial charge is 0.329 e. The highest BCUT2D eigenvalue weighted by atomic mass is 32.2. The maximum absolute atomic E-state index is 10.5. The van der Waals surface area contributed by atoms with Gasteiger partial charge in [0.1, 0.15) is 6.20 Å². The molecule has 0 saturated carbocycles. The zero-order valence-electron chi connectivity index (χ0n) is 8.50. The van der Waals surface area contributed by atoms with Gasteiger partial charge in [0.2, 0.25) is 11.8 Å². The van der Waals surface area contributed by atoms with Crippen molar-refractivity contribution in [2.24, 2.45) is 0 Å². The summed E-state index contributed by atoms with van der Waals surface area (Å²) in [7, 11) is 0. The van der Waals surface area contributed by atoms with Crippen molar-refractivity contribution in [1.29, 1.82) is 0 Å². The zero-order valence-corrected chi connectivity index (χ0v) is 9.31. The number of aromatic nitrogens is 2. The third kappa shape index (κ3) is 2.16. The van der Waals surface area contributed by atoms with Gasteiger partial charge >= 0.3 is 5.69 Å². The van der Waals surface area contributed by atoms with Gasteiger partial charge in [0.05, 0.1) is 4.92 Å². The molecule has 0 unspecified atom stereocenters. The summed E-state index contributed by atoms with van der Waals surface area (Å²) in [6.45, 7) is 1.70. The number of anilines is 2. The van der Waals surface area contributed by atoms with E-state index in [4.69, 9.17) is 5.73 Å². The number of nitrogens with two attached hydrogens (primary N) is 1.